The molecule has 27 heavy (non-hydrogen) atoms. The van der Waals surface area contributed by atoms with Gasteiger partial charge in [-0.05, 0) is 49.9 Å². The van der Waals surface area contributed by atoms with Crippen LogP contribution in [0.2, 0.25) is 0 Å². The molecule has 1 aliphatic carbocycles. The first-order chi connectivity index (χ1) is 12.5. The molecule has 0 radical (unpaired) electrons. The quantitative estimate of drug-likeness (QED) is 0.724. The minimum atomic E-state index is -1.04. The van der Waals surface area contributed by atoms with Crippen molar-refractivity contribution in [2.75, 3.05) is 13.1 Å². The van der Waals surface area contributed by atoms with E-state index in [0.717, 1.165) is 24.2 Å². The second-order valence-corrected chi connectivity index (χ2v) is 9.19. The highest BCUT2D eigenvalue weighted by atomic mass is 16.4. The number of carboxylic acids is 1. The lowest BCUT2D eigenvalue weighted by Crippen LogP contribution is -2.55. The number of imide groups is 1. The normalized spacial score (nSPS) is 33.3. The molecule has 8 nitrogen and oxygen atoms in total. The number of likely N-dealkylation sites (tertiary alicyclic amines) is 1. The highest BCUT2D eigenvalue weighted by molar-refractivity contribution is 6.09. The molecule has 150 valence electrons. The van der Waals surface area contributed by atoms with Gasteiger partial charge in [0.25, 0.3) is 5.91 Å². The molecule has 0 aromatic heterocycles. The van der Waals surface area contributed by atoms with Crippen molar-refractivity contribution >= 4 is 23.8 Å². The Labute approximate surface area is 159 Å². The number of carboxylic acid groups (broad SMARTS) is 1. The lowest BCUT2D eigenvalue weighted by Gasteiger charge is -2.43. The molecular formula is C19H29N3O5. The summed E-state index contributed by atoms with van der Waals surface area (Å²) in [7, 11) is 0. The Kier molecular flexibility index (Phi) is 4.94. The van der Waals surface area contributed by atoms with E-state index in [9.17, 15) is 24.3 Å². The van der Waals surface area contributed by atoms with Gasteiger partial charge in [-0.15, -0.1) is 0 Å². The van der Waals surface area contributed by atoms with Crippen molar-refractivity contribution in [2.45, 2.75) is 70.9 Å². The Morgan fingerprint density at radius 1 is 1.22 bits per heavy atom. The molecule has 4 amide bonds. The molecule has 1 saturated carbocycles. The van der Waals surface area contributed by atoms with Crippen LogP contribution in [0.25, 0.3) is 0 Å². The van der Waals surface area contributed by atoms with Gasteiger partial charge in [0, 0.05) is 6.54 Å². The Morgan fingerprint density at radius 3 is 2.56 bits per heavy atom. The number of hydrogen-bond donors (Lipinski definition) is 2. The van der Waals surface area contributed by atoms with Crippen molar-refractivity contribution in [2.24, 2.45) is 11.3 Å². The van der Waals surface area contributed by atoms with Crippen LogP contribution >= 0.6 is 0 Å². The van der Waals surface area contributed by atoms with E-state index < -0.39 is 36.0 Å². The van der Waals surface area contributed by atoms with E-state index in [1.165, 1.54) is 4.90 Å². The molecule has 3 aliphatic rings. The summed E-state index contributed by atoms with van der Waals surface area (Å²) in [5.74, 6) is -1.60. The number of hydrogen-bond acceptors (Lipinski definition) is 4. The maximum absolute atomic E-state index is 13.1. The predicted molar refractivity (Wildman–Crippen MR) is 96.8 cm³/mol. The zero-order valence-corrected chi connectivity index (χ0v) is 16.3. The summed E-state index contributed by atoms with van der Waals surface area (Å²) in [6.07, 6.45) is 3.96. The van der Waals surface area contributed by atoms with Gasteiger partial charge in [0.2, 0.25) is 5.91 Å². The molecule has 3 atom stereocenters. The third-order valence-electron chi connectivity index (χ3n) is 6.03. The first kappa shape index (κ1) is 19.6. The van der Waals surface area contributed by atoms with Crippen LogP contribution in [-0.4, -0.2) is 63.4 Å². The zero-order valence-electron chi connectivity index (χ0n) is 16.3. The van der Waals surface area contributed by atoms with Gasteiger partial charge in [-0.3, -0.25) is 14.5 Å². The van der Waals surface area contributed by atoms with Crippen LogP contribution in [0.3, 0.4) is 0 Å². The van der Waals surface area contributed by atoms with Gasteiger partial charge in [0.05, 0.1) is 0 Å². The van der Waals surface area contributed by atoms with Crippen LogP contribution in [-0.2, 0) is 14.4 Å². The van der Waals surface area contributed by atoms with Gasteiger partial charge in [0.15, 0.2) is 0 Å². The van der Waals surface area contributed by atoms with E-state index in [4.69, 9.17) is 0 Å². The number of carbonyl (C=O) groups is 4. The van der Waals surface area contributed by atoms with Crippen molar-refractivity contribution in [3.05, 3.63) is 0 Å². The summed E-state index contributed by atoms with van der Waals surface area (Å²) in [5.41, 5.74) is -1.03. The number of nitrogens with zero attached hydrogens (tertiary/aromatic N) is 2. The van der Waals surface area contributed by atoms with Crippen LogP contribution in [0, 0.1) is 11.3 Å². The van der Waals surface area contributed by atoms with Crippen molar-refractivity contribution in [3.63, 3.8) is 0 Å². The lowest BCUT2D eigenvalue weighted by atomic mass is 9.64. The molecule has 0 aromatic rings. The number of piperidine rings is 1. The molecule has 3 rings (SSSR count). The SMILES string of the molecule is CC1CC(C)(C)CC2(C1)NC(=O)N(CC(=O)N1CCCCC1C(=O)O)C2=O. The molecule has 2 aliphatic heterocycles. The third kappa shape index (κ3) is 3.66. The Hall–Kier alpha value is -2.12. The number of rotatable bonds is 3. The summed E-state index contributed by atoms with van der Waals surface area (Å²) >= 11 is 0. The smallest absolute Gasteiger partial charge is 0.326 e. The second kappa shape index (κ2) is 6.80. The molecule has 2 heterocycles. The van der Waals surface area contributed by atoms with E-state index in [1.54, 1.807) is 0 Å². The van der Waals surface area contributed by atoms with Crippen molar-refractivity contribution in [1.82, 2.24) is 15.1 Å². The fraction of sp³-hybridized carbons (Fsp3) is 0.789. The largest absolute Gasteiger partial charge is 0.480 e. The summed E-state index contributed by atoms with van der Waals surface area (Å²) in [6.45, 7) is 6.19. The van der Waals surface area contributed by atoms with Gasteiger partial charge in [-0.1, -0.05) is 20.8 Å². The van der Waals surface area contributed by atoms with E-state index in [2.05, 4.69) is 26.1 Å². The average molecular weight is 379 g/mol. The van der Waals surface area contributed by atoms with Crippen molar-refractivity contribution in [3.8, 4) is 0 Å². The molecule has 2 N–H and O–H groups in total. The van der Waals surface area contributed by atoms with Gasteiger partial charge in [-0.25, -0.2) is 9.59 Å². The minimum absolute atomic E-state index is 0.0815. The van der Waals surface area contributed by atoms with Crippen LogP contribution in [0.5, 0.6) is 0 Å². The van der Waals surface area contributed by atoms with E-state index >= 15 is 0 Å². The fourth-order valence-electron chi connectivity index (χ4n) is 5.36. The van der Waals surface area contributed by atoms with Gasteiger partial charge in [-0.2, -0.15) is 0 Å². The van der Waals surface area contributed by atoms with E-state index in [-0.39, 0.29) is 17.2 Å². The molecule has 0 bridgehead atoms. The highest BCUT2D eigenvalue weighted by Crippen LogP contribution is 2.46. The molecule has 3 unspecified atom stereocenters. The monoisotopic (exact) mass is 379 g/mol. The van der Waals surface area contributed by atoms with Gasteiger partial charge < -0.3 is 15.3 Å². The van der Waals surface area contributed by atoms with Crippen molar-refractivity contribution in [1.29, 1.82) is 0 Å². The standard InChI is InChI=1S/C19H29N3O5/c1-12-8-18(2,3)11-19(9-12)16(26)22(17(27)20-19)10-14(23)21-7-5-4-6-13(21)15(24)25/h12-13H,4-11H2,1-3H3,(H,20,27)(H,24,25). The number of carbonyl (C=O) groups excluding carboxylic acids is 3. The molecule has 8 heteroatoms. The van der Waals surface area contributed by atoms with Gasteiger partial charge in [0.1, 0.15) is 18.1 Å². The van der Waals surface area contributed by atoms with Crippen LogP contribution in [0.1, 0.15) is 59.3 Å². The van der Waals surface area contributed by atoms with Gasteiger partial charge >= 0.3 is 12.0 Å². The highest BCUT2D eigenvalue weighted by Gasteiger charge is 2.56. The number of aliphatic carboxylic acids is 1. The van der Waals surface area contributed by atoms with Crippen LogP contribution < -0.4 is 5.32 Å². The number of amides is 4. The summed E-state index contributed by atoms with van der Waals surface area (Å²) in [4.78, 5) is 52.0. The lowest BCUT2D eigenvalue weighted by molar-refractivity contribution is -0.153. The van der Waals surface area contributed by atoms with Crippen LogP contribution in [0.15, 0.2) is 0 Å². The summed E-state index contributed by atoms with van der Waals surface area (Å²) in [5, 5.41) is 12.2. The average Bonchev–Trinajstić information content (AvgIpc) is 2.76. The summed E-state index contributed by atoms with van der Waals surface area (Å²) in [6, 6.07) is -1.43. The molecular weight excluding hydrogens is 350 g/mol. The van der Waals surface area contributed by atoms with E-state index in [1.807, 2.05) is 0 Å². The number of urea groups is 1. The Balaban J connectivity index is 1.76. The summed E-state index contributed by atoms with van der Waals surface area (Å²) < 4.78 is 0. The zero-order chi connectivity index (χ0) is 20.0. The molecule has 0 aromatic carbocycles. The topological polar surface area (TPSA) is 107 Å². The number of nitrogens with one attached hydrogen (secondary N) is 1. The minimum Gasteiger partial charge on any atom is -0.480 e. The maximum Gasteiger partial charge on any atom is 0.326 e. The molecule has 1 spiro atoms. The molecule has 2 saturated heterocycles. The third-order valence-corrected chi connectivity index (χ3v) is 6.03. The first-order valence-electron chi connectivity index (χ1n) is 9.71. The van der Waals surface area contributed by atoms with Crippen LogP contribution in [0.4, 0.5) is 4.79 Å². The second-order valence-electron chi connectivity index (χ2n) is 9.19. The fourth-order valence-corrected chi connectivity index (χ4v) is 5.36. The maximum atomic E-state index is 13.1. The first-order valence-corrected chi connectivity index (χ1v) is 9.71. The molecule has 3 fully saturated rings. The van der Waals surface area contributed by atoms with E-state index in [0.29, 0.717) is 25.8 Å². The predicted octanol–water partition coefficient (Wildman–Crippen LogP) is 1.59. The van der Waals surface area contributed by atoms with Crippen molar-refractivity contribution < 1.29 is 24.3 Å². The Bertz CT molecular complexity index is 676. The Morgan fingerprint density at radius 2 is 1.93 bits per heavy atom.